The van der Waals surface area contributed by atoms with Gasteiger partial charge < -0.3 is 21.7 Å². The van der Waals surface area contributed by atoms with Gasteiger partial charge in [0.1, 0.15) is 0 Å². The molecule has 0 radical (unpaired) electrons. The fourth-order valence-electron chi connectivity index (χ4n) is 2.39. The van der Waals surface area contributed by atoms with E-state index in [1.54, 1.807) is 0 Å². The zero-order chi connectivity index (χ0) is 14.4. The predicted molar refractivity (Wildman–Crippen MR) is 81.3 cm³/mol. The Morgan fingerprint density at radius 1 is 1.52 bits per heavy atom. The maximum atomic E-state index is 8.76. The van der Waals surface area contributed by atoms with Crippen molar-refractivity contribution < 1.29 is 73.5 Å². The molecular weight excluding hydrogens is 338 g/mol. The third-order valence-corrected chi connectivity index (χ3v) is 4.08. The number of aliphatic hydroxyl groups excluding tert-OH is 1. The van der Waals surface area contributed by atoms with Crippen LogP contribution in [0, 0.1) is 42.4 Å². The third kappa shape index (κ3) is 9.00. The number of rotatable bonds is 4. The number of hydrogen-bond donors (Lipinski definition) is 1. The Bertz CT molecular complexity index is 333. The zero-order valence-corrected chi connectivity index (χ0v) is 18.8. The first-order chi connectivity index (χ1) is 8.99. The molecule has 2 N–H and O–H groups in total. The number of aliphatic hydroxyl groups is 1. The largest absolute Gasteiger partial charge is 1.00 e. The number of ether oxygens (including phenoxy) is 1. The molecule has 2 aliphatic rings. The molecule has 3 nitrogen and oxygen atoms in total. The second kappa shape index (κ2) is 12.4. The van der Waals surface area contributed by atoms with Crippen LogP contribution in [-0.2, 0) is 4.74 Å². The van der Waals surface area contributed by atoms with E-state index in [-0.39, 0.29) is 76.2 Å². The monoisotopic (exact) mass is 365 g/mol. The van der Waals surface area contributed by atoms with Gasteiger partial charge in [-0.2, -0.15) is 6.42 Å². The van der Waals surface area contributed by atoms with Crippen LogP contribution in [0.5, 0.6) is 0 Å². The molecule has 0 aromatic heterocycles. The van der Waals surface area contributed by atoms with Gasteiger partial charge in [-0.05, 0) is 12.3 Å². The second-order valence-corrected chi connectivity index (χ2v) is 5.89. The molecule has 0 bridgehead atoms. The third-order valence-electron chi connectivity index (χ3n) is 4.08. The van der Waals surface area contributed by atoms with Crippen LogP contribution < -0.4 is 58.2 Å². The number of hydrogen-bond acceptors (Lipinski definition) is 3. The summed E-state index contributed by atoms with van der Waals surface area (Å²) in [6.07, 6.45) is 10.1. The van der Waals surface area contributed by atoms with Crippen LogP contribution in [0.2, 0.25) is 0 Å². The van der Waals surface area contributed by atoms with Crippen LogP contribution in [-0.4, -0.2) is 29.9 Å². The van der Waals surface area contributed by atoms with Crippen molar-refractivity contribution in [3.63, 3.8) is 0 Å². The van der Waals surface area contributed by atoms with Crippen LogP contribution in [0.4, 0.5) is 0 Å². The molecule has 21 heavy (non-hydrogen) atoms. The molecule has 1 saturated carbocycles. The summed E-state index contributed by atoms with van der Waals surface area (Å²) in [5.74, 6) is 4.63. The molecule has 0 aromatic rings. The Balaban J connectivity index is 0. The molecule has 0 aromatic carbocycles. The Morgan fingerprint density at radius 3 is 2.38 bits per heavy atom. The molecule has 1 aliphatic carbocycles. The van der Waals surface area contributed by atoms with E-state index in [4.69, 9.17) is 16.3 Å². The Morgan fingerprint density at radius 2 is 2.10 bits per heavy atom. The Labute approximate surface area is 179 Å². The van der Waals surface area contributed by atoms with Gasteiger partial charge in [0, 0.05) is 12.5 Å². The first-order valence-electron chi connectivity index (χ1n) is 7.20. The van der Waals surface area contributed by atoms with E-state index < -0.39 is 0 Å². The molecule has 1 heterocycles. The summed E-state index contributed by atoms with van der Waals surface area (Å²) in [7, 11) is 0. The van der Waals surface area contributed by atoms with E-state index in [1.165, 1.54) is 5.57 Å². The Hall–Kier alpha value is 0.985. The molecule has 5 atom stereocenters. The molecule has 4 heteroatoms. The van der Waals surface area contributed by atoms with E-state index in [1.807, 2.05) is 0 Å². The van der Waals surface area contributed by atoms with Gasteiger partial charge in [-0.1, -0.05) is 26.7 Å². The topological polar surface area (TPSA) is 62.8 Å². The van der Waals surface area contributed by atoms with Gasteiger partial charge >= 0.3 is 58.2 Å². The summed E-state index contributed by atoms with van der Waals surface area (Å²) in [6.45, 7) is 11.5. The van der Waals surface area contributed by atoms with Crippen LogP contribution >= 0.6 is 0 Å². The van der Waals surface area contributed by atoms with Crippen molar-refractivity contribution in [3.8, 4) is 12.3 Å². The molecule has 0 spiro atoms. The van der Waals surface area contributed by atoms with E-state index in [9.17, 15) is 0 Å². The van der Waals surface area contributed by atoms with Gasteiger partial charge in [0.25, 0.3) is 0 Å². The van der Waals surface area contributed by atoms with E-state index in [0.717, 1.165) is 19.4 Å². The van der Waals surface area contributed by atoms with Crippen molar-refractivity contribution in [2.75, 3.05) is 13.2 Å². The predicted octanol–water partition coefficient (Wildman–Crippen LogP) is -0.0969. The average molecular weight is 366 g/mol. The van der Waals surface area contributed by atoms with Crippen molar-refractivity contribution in [1.29, 1.82) is 0 Å². The molecule has 1 unspecified atom stereocenters. The number of terminal acetylenes is 1. The summed E-state index contributed by atoms with van der Waals surface area (Å²) < 4.78 is 5.15. The summed E-state index contributed by atoms with van der Waals surface area (Å²) in [5, 5.41) is 8.76. The SMILES string of the molecule is C#C[C@H](C)C[C@H](C)C1CO1.C=C1[C@H](C)C[CH-][C@H]1CO.[OH-].[Rb+]. The maximum absolute atomic E-state index is 8.76. The molecule has 1 saturated heterocycles. The van der Waals surface area contributed by atoms with E-state index in [2.05, 4.69) is 39.7 Å². The van der Waals surface area contributed by atoms with Crippen LogP contribution in [0.15, 0.2) is 12.2 Å². The van der Waals surface area contributed by atoms with Gasteiger partial charge in [-0.3, -0.25) is 0 Å². The molecule has 2 fully saturated rings. The molecule has 2 rings (SSSR count). The minimum Gasteiger partial charge on any atom is -0.870 e. The summed E-state index contributed by atoms with van der Waals surface area (Å²) in [5.41, 5.74) is 1.19. The number of epoxide rings is 1. The standard InChI is InChI=1S/C9H14O.C8H13O.H2O.Rb/c1-4-7(2)5-8(3)9-6-10-9;1-6-3-4-8(5-9)7(6)2;;/h1,7-9H,5-6H2,2-3H3;4,6,8-9H,2-3,5H2,1H3;1H2;/q;-1;;+1/p-1/t7-,8-,9?;6-,8+;;/m01../s1. The molecular formula is C17H28O3Rb-. The molecule has 1 aliphatic heterocycles. The van der Waals surface area contributed by atoms with Crippen molar-refractivity contribution >= 4 is 0 Å². The van der Waals surface area contributed by atoms with E-state index in [0.29, 0.717) is 23.9 Å². The van der Waals surface area contributed by atoms with Crippen molar-refractivity contribution in [1.82, 2.24) is 0 Å². The fourth-order valence-corrected chi connectivity index (χ4v) is 2.39. The quantitative estimate of drug-likeness (QED) is 0.327. The molecule has 0 amide bonds. The first-order valence-corrected chi connectivity index (χ1v) is 7.20. The Kier molecular flexibility index (Phi) is 14.3. The van der Waals surface area contributed by atoms with Crippen LogP contribution in [0.25, 0.3) is 0 Å². The fraction of sp³-hybridized carbons (Fsp3) is 0.706. The van der Waals surface area contributed by atoms with Gasteiger partial charge in [-0.15, -0.1) is 30.4 Å². The maximum Gasteiger partial charge on any atom is 1.00 e. The van der Waals surface area contributed by atoms with E-state index >= 15 is 0 Å². The van der Waals surface area contributed by atoms with Crippen LogP contribution in [0.3, 0.4) is 0 Å². The van der Waals surface area contributed by atoms with Crippen molar-refractivity contribution in [2.45, 2.75) is 39.7 Å². The zero-order valence-electron chi connectivity index (χ0n) is 13.9. The summed E-state index contributed by atoms with van der Waals surface area (Å²) in [6, 6.07) is 0. The second-order valence-electron chi connectivity index (χ2n) is 5.89. The van der Waals surface area contributed by atoms with Crippen LogP contribution in [0.1, 0.15) is 33.6 Å². The smallest absolute Gasteiger partial charge is 0.870 e. The minimum absolute atomic E-state index is 0. The van der Waals surface area contributed by atoms with Gasteiger partial charge in [0.15, 0.2) is 0 Å². The van der Waals surface area contributed by atoms with Gasteiger partial charge in [-0.25, -0.2) is 0 Å². The minimum atomic E-state index is 0. The van der Waals surface area contributed by atoms with Crippen molar-refractivity contribution in [3.05, 3.63) is 18.6 Å². The summed E-state index contributed by atoms with van der Waals surface area (Å²) >= 11 is 0. The molecule has 116 valence electrons. The first kappa shape index (κ1) is 24.2. The summed E-state index contributed by atoms with van der Waals surface area (Å²) in [4.78, 5) is 0. The van der Waals surface area contributed by atoms with Crippen molar-refractivity contribution in [2.24, 2.45) is 23.7 Å². The average Bonchev–Trinajstić information content (AvgIpc) is 3.19. The van der Waals surface area contributed by atoms with Gasteiger partial charge in [0.2, 0.25) is 0 Å². The van der Waals surface area contributed by atoms with Gasteiger partial charge in [0.05, 0.1) is 12.7 Å². The normalized spacial score (nSPS) is 28.9.